The van der Waals surface area contributed by atoms with Crippen LogP contribution in [0.5, 0.6) is 0 Å². The minimum atomic E-state index is 0.0210. The smallest absolute Gasteiger partial charge is 0.224 e. The first-order chi connectivity index (χ1) is 13.4. The van der Waals surface area contributed by atoms with E-state index in [1.807, 2.05) is 4.90 Å². The van der Waals surface area contributed by atoms with Crippen LogP contribution in [0.25, 0.3) is 0 Å². The molecule has 152 valence electrons. The quantitative estimate of drug-likeness (QED) is 0.716. The zero-order chi connectivity index (χ0) is 20.0. The van der Waals surface area contributed by atoms with Crippen molar-refractivity contribution >= 4 is 33.4 Å². The molecule has 4 rings (SSSR count). The lowest BCUT2D eigenvalue weighted by molar-refractivity contribution is -0.127. The van der Waals surface area contributed by atoms with E-state index >= 15 is 0 Å². The largest absolute Gasteiger partial charge is 0.356 e. The van der Waals surface area contributed by atoms with Gasteiger partial charge in [-0.1, -0.05) is 29.3 Å². The van der Waals surface area contributed by atoms with E-state index in [0.29, 0.717) is 17.9 Å². The number of fused-ring (bicyclic) bond motifs is 2. The molecule has 2 amide bonds. The third kappa shape index (κ3) is 3.28. The Morgan fingerprint density at radius 2 is 2.00 bits per heavy atom. The number of likely N-dealkylation sites (N-methyl/N-ethyl adjacent to an activating group) is 1. The normalized spacial score (nSPS) is 28.6. The van der Waals surface area contributed by atoms with Crippen molar-refractivity contribution in [3.8, 4) is 0 Å². The molecule has 5 nitrogen and oxygen atoms in total. The SMILES string of the molecule is CCCCNC(=O)C1CC2c3c(Br)ccc4c3C(CC2N(C)C1)CN4C(C)=O. The van der Waals surface area contributed by atoms with Crippen molar-refractivity contribution in [2.45, 2.75) is 57.4 Å². The Balaban J connectivity index is 1.66. The summed E-state index contributed by atoms with van der Waals surface area (Å²) in [6.07, 6.45) is 4.06. The van der Waals surface area contributed by atoms with Gasteiger partial charge in [0, 0.05) is 54.6 Å². The molecule has 2 heterocycles. The maximum Gasteiger partial charge on any atom is 0.224 e. The number of likely N-dealkylation sites (tertiary alicyclic amines) is 1. The predicted octanol–water partition coefficient (Wildman–Crippen LogP) is 3.62. The Morgan fingerprint density at radius 1 is 1.21 bits per heavy atom. The van der Waals surface area contributed by atoms with Gasteiger partial charge in [0.25, 0.3) is 0 Å². The van der Waals surface area contributed by atoms with Crippen LogP contribution in [0.1, 0.15) is 62.5 Å². The summed E-state index contributed by atoms with van der Waals surface area (Å²) < 4.78 is 1.12. The van der Waals surface area contributed by atoms with Crippen LogP contribution in [0.2, 0.25) is 0 Å². The van der Waals surface area contributed by atoms with Gasteiger partial charge in [-0.3, -0.25) is 9.59 Å². The Labute approximate surface area is 176 Å². The van der Waals surface area contributed by atoms with Crippen LogP contribution in [0.3, 0.4) is 0 Å². The van der Waals surface area contributed by atoms with Gasteiger partial charge in [0.15, 0.2) is 0 Å². The molecular weight excluding hydrogens is 418 g/mol. The van der Waals surface area contributed by atoms with Crippen molar-refractivity contribution in [3.63, 3.8) is 0 Å². The number of anilines is 1. The van der Waals surface area contributed by atoms with E-state index in [2.05, 4.69) is 52.3 Å². The number of nitrogens with zero attached hydrogens (tertiary/aromatic N) is 2. The number of carbonyl (C=O) groups excluding carboxylic acids is 2. The fourth-order valence-corrected chi connectivity index (χ4v) is 6.18. The molecule has 1 aliphatic carbocycles. The first-order valence-electron chi connectivity index (χ1n) is 10.5. The zero-order valence-corrected chi connectivity index (χ0v) is 18.6. The van der Waals surface area contributed by atoms with Crippen LogP contribution in [-0.4, -0.2) is 49.4 Å². The Bertz CT molecular complexity index is 796. The molecule has 4 unspecified atom stereocenters. The minimum Gasteiger partial charge on any atom is -0.356 e. The summed E-state index contributed by atoms with van der Waals surface area (Å²) in [4.78, 5) is 29.3. The number of carbonyl (C=O) groups is 2. The zero-order valence-electron chi connectivity index (χ0n) is 17.0. The maximum atomic E-state index is 12.8. The average molecular weight is 448 g/mol. The highest BCUT2D eigenvalue weighted by Gasteiger charge is 2.47. The number of amides is 2. The first-order valence-corrected chi connectivity index (χ1v) is 11.3. The van der Waals surface area contributed by atoms with Crippen LogP contribution in [0.15, 0.2) is 16.6 Å². The van der Waals surface area contributed by atoms with Crippen molar-refractivity contribution in [2.24, 2.45) is 5.92 Å². The molecule has 1 aromatic carbocycles. The molecule has 0 saturated carbocycles. The van der Waals surface area contributed by atoms with E-state index in [1.54, 1.807) is 6.92 Å². The van der Waals surface area contributed by atoms with Crippen molar-refractivity contribution in [1.82, 2.24) is 10.2 Å². The second-order valence-electron chi connectivity index (χ2n) is 8.65. The van der Waals surface area contributed by atoms with Crippen molar-refractivity contribution in [2.75, 3.05) is 31.6 Å². The van der Waals surface area contributed by atoms with Crippen LogP contribution < -0.4 is 10.2 Å². The Morgan fingerprint density at radius 3 is 2.71 bits per heavy atom. The number of rotatable bonds is 4. The third-order valence-corrected chi connectivity index (χ3v) is 7.56. The number of piperidine rings is 1. The average Bonchev–Trinajstić information content (AvgIpc) is 3.03. The van der Waals surface area contributed by atoms with E-state index in [0.717, 1.165) is 55.5 Å². The van der Waals surface area contributed by atoms with Crippen molar-refractivity contribution in [1.29, 1.82) is 0 Å². The molecule has 2 aliphatic heterocycles. The molecular formula is C22H30BrN3O2. The fourth-order valence-electron chi connectivity index (χ4n) is 5.54. The molecule has 1 aromatic rings. The highest BCUT2D eigenvalue weighted by Crippen LogP contribution is 2.54. The summed E-state index contributed by atoms with van der Waals surface area (Å²) in [6.45, 7) is 6.16. The van der Waals surface area contributed by atoms with Gasteiger partial charge in [-0.15, -0.1) is 0 Å². The minimum absolute atomic E-state index is 0.0210. The molecule has 0 spiro atoms. The lowest BCUT2D eigenvalue weighted by Gasteiger charge is -2.47. The Hall–Kier alpha value is -1.40. The van der Waals surface area contributed by atoms with Gasteiger partial charge in [-0.2, -0.15) is 0 Å². The third-order valence-electron chi connectivity index (χ3n) is 6.87. The summed E-state index contributed by atoms with van der Waals surface area (Å²) in [5.74, 6) is 1.05. The molecule has 1 fully saturated rings. The monoisotopic (exact) mass is 447 g/mol. The molecule has 0 bridgehead atoms. The summed E-state index contributed by atoms with van der Waals surface area (Å²) in [6, 6.07) is 4.59. The number of nitrogens with one attached hydrogen (secondary N) is 1. The highest BCUT2D eigenvalue weighted by molar-refractivity contribution is 9.10. The summed E-state index contributed by atoms with van der Waals surface area (Å²) in [5.41, 5.74) is 3.75. The van der Waals surface area contributed by atoms with Crippen molar-refractivity contribution < 1.29 is 9.59 Å². The van der Waals surface area contributed by atoms with Crippen LogP contribution >= 0.6 is 15.9 Å². The molecule has 1 saturated heterocycles. The second kappa shape index (κ2) is 7.79. The lowest BCUT2D eigenvalue weighted by Crippen LogP contribution is -2.51. The number of hydrogen-bond acceptors (Lipinski definition) is 3. The van der Waals surface area contributed by atoms with E-state index in [1.165, 1.54) is 11.1 Å². The van der Waals surface area contributed by atoms with Gasteiger partial charge in [-0.05, 0) is 49.6 Å². The van der Waals surface area contributed by atoms with Gasteiger partial charge in [0.1, 0.15) is 0 Å². The lowest BCUT2D eigenvalue weighted by atomic mass is 9.68. The first kappa shape index (κ1) is 19.9. The maximum absolute atomic E-state index is 12.8. The number of benzene rings is 1. The van der Waals surface area contributed by atoms with E-state index in [9.17, 15) is 9.59 Å². The van der Waals surface area contributed by atoms with E-state index in [-0.39, 0.29) is 17.7 Å². The molecule has 1 N–H and O–H groups in total. The second-order valence-corrected chi connectivity index (χ2v) is 9.50. The number of hydrogen-bond donors (Lipinski definition) is 1. The summed E-state index contributed by atoms with van der Waals surface area (Å²) in [5, 5.41) is 3.13. The topological polar surface area (TPSA) is 52.7 Å². The molecule has 0 aromatic heterocycles. The predicted molar refractivity (Wildman–Crippen MR) is 115 cm³/mol. The van der Waals surface area contributed by atoms with Gasteiger partial charge >= 0.3 is 0 Å². The van der Waals surface area contributed by atoms with Crippen LogP contribution in [0.4, 0.5) is 5.69 Å². The molecule has 6 heteroatoms. The van der Waals surface area contributed by atoms with Gasteiger partial charge in [-0.25, -0.2) is 0 Å². The van der Waals surface area contributed by atoms with Crippen molar-refractivity contribution in [3.05, 3.63) is 27.7 Å². The molecule has 3 aliphatic rings. The van der Waals surface area contributed by atoms with Gasteiger partial charge in [0.05, 0.1) is 5.92 Å². The van der Waals surface area contributed by atoms with Crippen LogP contribution in [0, 0.1) is 5.92 Å². The van der Waals surface area contributed by atoms with E-state index < -0.39 is 0 Å². The van der Waals surface area contributed by atoms with Crippen LogP contribution in [-0.2, 0) is 9.59 Å². The Kier molecular flexibility index (Phi) is 5.53. The summed E-state index contributed by atoms with van der Waals surface area (Å²) in [7, 11) is 2.16. The highest BCUT2D eigenvalue weighted by atomic mass is 79.9. The standard InChI is InChI=1S/C22H30BrN3O2/c1-4-5-8-24-22(28)15-9-16-19(25(3)11-15)10-14-12-26(13(2)27)18-7-6-17(23)21(16)20(14)18/h6-7,14-16,19H,4-5,8-12H2,1-3H3,(H,24,28). The number of halogens is 1. The van der Waals surface area contributed by atoms with Gasteiger partial charge in [0.2, 0.25) is 11.8 Å². The number of unbranched alkanes of at least 4 members (excludes halogenated alkanes) is 1. The molecule has 28 heavy (non-hydrogen) atoms. The summed E-state index contributed by atoms with van der Waals surface area (Å²) >= 11 is 3.80. The molecule has 4 atom stereocenters. The van der Waals surface area contributed by atoms with E-state index in [4.69, 9.17) is 0 Å². The molecule has 0 radical (unpaired) electrons. The van der Waals surface area contributed by atoms with Gasteiger partial charge < -0.3 is 15.1 Å². The fraction of sp³-hybridized carbons (Fsp3) is 0.636.